The minimum Gasteiger partial charge on any atom is -0.472 e. The van der Waals surface area contributed by atoms with Crippen molar-refractivity contribution in [2.45, 2.75) is 38.8 Å². The first kappa shape index (κ1) is 27.4. The number of thiophene rings is 1. The Kier molecular flexibility index (Phi) is 7.14. The lowest BCUT2D eigenvalue weighted by Crippen LogP contribution is -2.38. The first-order chi connectivity index (χ1) is 18.9. The van der Waals surface area contributed by atoms with Gasteiger partial charge in [-0.05, 0) is 41.6 Å². The van der Waals surface area contributed by atoms with Crippen molar-refractivity contribution in [3.63, 3.8) is 0 Å². The number of fused-ring (bicyclic) bond motifs is 2. The molecule has 8 nitrogen and oxygen atoms in total. The molecule has 4 heterocycles. The van der Waals surface area contributed by atoms with Gasteiger partial charge in [-0.15, -0.1) is 11.3 Å². The molecule has 0 unspecified atom stereocenters. The number of nitrogens with zero attached hydrogens (tertiary/aromatic N) is 3. The molecule has 0 aliphatic heterocycles. The van der Waals surface area contributed by atoms with Gasteiger partial charge in [0.15, 0.2) is 6.10 Å². The number of pyridine rings is 2. The van der Waals surface area contributed by atoms with Crippen LogP contribution in [0, 0.1) is 6.92 Å². The van der Waals surface area contributed by atoms with E-state index in [0.29, 0.717) is 10.1 Å². The number of halogens is 5. The van der Waals surface area contributed by atoms with Crippen LogP contribution >= 0.6 is 11.3 Å². The summed E-state index contributed by atoms with van der Waals surface area (Å²) in [6.07, 6.45) is -6.30. The Bertz CT molecular complexity index is 1850. The highest BCUT2D eigenvalue weighted by Crippen LogP contribution is 2.39. The molecule has 14 heteroatoms. The van der Waals surface area contributed by atoms with Crippen molar-refractivity contribution < 1.29 is 31.8 Å². The smallest absolute Gasteiger partial charge is 0.416 e. The zero-order valence-electron chi connectivity index (χ0n) is 20.5. The van der Waals surface area contributed by atoms with E-state index in [4.69, 9.17) is 4.74 Å². The van der Waals surface area contributed by atoms with Crippen LogP contribution < -0.4 is 16.0 Å². The Labute approximate surface area is 225 Å². The van der Waals surface area contributed by atoms with Crippen LogP contribution in [0.15, 0.2) is 58.5 Å². The molecule has 1 atom stereocenters. The molecule has 0 saturated heterocycles. The number of H-pyrrole nitrogens is 1. The highest BCUT2D eigenvalue weighted by molar-refractivity contribution is 7.22. The molecule has 2 N–H and O–H groups in total. The van der Waals surface area contributed by atoms with Gasteiger partial charge in [-0.25, -0.2) is 18.6 Å². The molecule has 5 aromatic rings. The van der Waals surface area contributed by atoms with E-state index in [-0.39, 0.29) is 38.7 Å². The Morgan fingerprint density at radius 1 is 1.12 bits per heavy atom. The largest absolute Gasteiger partial charge is 0.472 e. The number of aliphatic hydroxyl groups excluding tert-OH is 1. The van der Waals surface area contributed by atoms with Crippen LogP contribution in [0.2, 0.25) is 0 Å². The average molecular weight is 579 g/mol. The van der Waals surface area contributed by atoms with Gasteiger partial charge < -0.3 is 9.84 Å². The number of hydrogen-bond acceptors (Lipinski definition) is 7. The highest BCUT2D eigenvalue weighted by atomic mass is 32.1. The summed E-state index contributed by atoms with van der Waals surface area (Å²) >= 11 is 0.755. The van der Waals surface area contributed by atoms with Gasteiger partial charge in [-0.3, -0.25) is 19.3 Å². The van der Waals surface area contributed by atoms with Crippen molar-refractivity contribution >= 4 is 32.3 Å². The molecule has 208 valence electrons. The summed E-state index contributed by atoms with van der Waals surface area (Å²) in [5, 5.41) is 11.2. The fourth-order valence-corrected chi connectivity index (χ4v) is 5.53. The Morgan fingerprint density at radius 2 is 1.90 bits per heavy atom. The third kappa shape index (κ3) is 5.19. The van der Waals surface area contributed by atoms with E-state index < -0.39 is 42.1 Å². The Balaban J connectivity index is 1.51. The molecule has 0 saturated carbocycles. The predicted molar refractivity (Wildman–Crippen MR) is 138 cm³/mol. The van der Waals surface area contributed by atoms with Gasteiger partial charge in [0.2, 0.25) is 5.88 Å². The first-order valence-corrected chi connectivity index (χ1v) is 12.5. The average Bonchev–Trinajstić information content (AvgIpc) is 3.26. The predicted octanol–water partition coefficient (Wildman–Crippen LogP) is 5.11. The molecule has 0 aliphatic rings. The number of aromatic nitrogens is 4. The lowest BCUT2D eigenvalue weighted by Gasteiger charge is -2.15. The molecular formula is C26H19F5N4O4S. The van der Waals surface area contributed by atoms with Crippen LogP contribution in [-0.2, 0) is 13.2 Å². The maximum Gasteiger partial charge on any atom is 0.416 e. The quantitative estimate of drug-likeness (QED) is 0.260. The molecule has 0 aliphatic carbocycles. The molecule has 0 amide bonds. The minimum absolute atomic E-state index is 0.0536. The van der Waals surface area contributed by atoms with Crippen molar-refractivity contribution in [3.05, 3.63) is 86.5 Å². The zero-order valence-corrected chi connectivity index (χ0v) is 21.3. The van der Waals surface area contributed by atoms with Crippen LogP contribution in [0.4, 0.5) is 22.0 Å². The van der Waals surface area contributed by atoms with Crippen molar-refractivity contribution in [2.75, 3.05) is 0 Å². The SMILES string of the molecule is Cc1c(-c2cnc(OCc3ccc4ccncc4c3)c(C(F)F)c2)sc2c1c(=O)[nH]c(=O)n2C[C@@H](O)C(F)(F)F. The maximum atomic E-state index is 14.0. The van der Waals surface area contributed by atoms with Crippen LogP contribution in [0.1, 0.15) is 23.1 Å². The van der Waals surface area contributed by atoms with Crippen LogP contribution in [-0.4, -0.2) is 36.9 Å². The van der Waals surface area contributed by atoms with Gasteiger partial charge in [0.25, 0.3) is 12.0 Å². The van der Waals surface area contributed by atoms with E-state index in [2.05, 4.69) is 9.97 Å². The van der Waals surface area contributed by atoms with Crippen molar-refractivity contribution in [1.82, 2.24) is 19.5 Å². The van der Waals surface area contributed by atoms with E-state index in [1.165, 1.54) is 13.1 Å². The fraction of sp³-hybridized carbons (Fsp3) is 0.231. The first-order valence-electron chi connectivity index (χ1n) is 11.7. The monoisotopic (exact) mass is 578 g/mol. The summed E-state index contributed by atoms with van der Waals surface area (Å²) in [6.45, 7) is 0.259. The number of nitrogens with one attached hydrogen (secondary N) is 1. The summed E-state index contributed by atoms with van der Waals surface area (Å²) < 4.78 is 73.2. The van der Waals surface area contributed by atoms with E-state index in [1.807, 2.05) is 23.2 Å². The number of aromatic amines is 1. The number of ether oxygens (including phenoxy) is 1. The minimum atomic E-state index is -5.01. The molecule has 0 bridgehead atoms. The number of rotatable bonds is 7. The third-order valence-corrected chi connectivity index (χ3v) is 7.62. The maximum absolute atomic E-state index is 14.0. The van der Waals surface area contributed by atoms with Crippen molar-refractivity contribution in [2.24, 2.45) is 0 Å². The standard InChI is InChI=1S/C26H19F5N4O4S/c1-12-19-22(37)34-25(38)35(10-18(36)26(29,30)31)24(19)40-20(12)16-7-17(21(27)28)23(33-9-16)39-11-13-2-3-14-4-5-32-8-15(14)6-13/h2-9,18,21,36H,10-11H2,1H3,(H,34,37,38)/t18-/m1/s1. The molecule has 0 spiro atoms. The summed E-state index contributed by atoms with van der Waals surface area (Å²) in [7, 11) is 0. The molecule has 4 aromatic heterocycles. The number of benzene rings is 1. The van der Waals surface area contributed by atoms with Gasteiger partial charge in [0.1, 0.15) is 11.4 Å². The van der Waals surface area contributed by atoms with E-state index in [1.54, 1.807) is 18.5 Å². The number of alkyl halides is 5. The zero-order chi connectivity index (χ0) is 28.8. The van der Waals surface area contributed by atoms with E-state index in [0.717, 1.165) is 28.2 Å². The van der Waals surface area contributed by atoms with Crippen LogP contribution in [0.25, 0.3) is 31.4 Å². The summed E-state index contributed by atoms with van der Waals surface area (Å²) in [6, 6.07) is 8.39. The molecule has 0 fully saturated rings. The van der Waals surface area contributed by atoms with Gasteiger partial charge in [-0.2, -0.15) is 13.2 Å². The summed E-state index contributed by atoms with van der Waals surface area (Å²) in [5.41, 5.74) is -1.44. The fourth-order valence-electron chi connectivity index (χ4n) is 4.24. The van der Waals surface area contributed by atoms with Crippen LogP contribution in [0.3, 0.4) is 0 Å². The number of aliphatic hydroxyl groups is 1. The van der Waals surface area contributed by atoms with Gasteiger partial charge in [0, 0.05) is 34.4 Å². The summed E-state index contributed by atoms with van der Waals surface area (Å²) in [5.74, 6) is -0.313. The van der Waals surface area contributed by atoms with Gasteiger partial charge in [-0.1, -0.05) is 12.1 Å². The van der Waals surface area contributed by atoms with E-state index in [9.17, 15) is 36.6 Å². The lowest BCUT2D eigenvalue weighted by molar-refractivity contribution is -0.207. The second kappa shape index (κ2) is 10.4. The molecule has 5 rings (SSSR count). The van der Waals surface area contributed by atoms with Crippen LogP contribution in [0.5, 0.6) is 5.88 Å². The van der Waals surface area contributed by atoms with Gasteiger partial charge in [0.05, 0.1) is 17.5 Å². The topological polar surface area (TPSA) is 110 Å². The van der Waals surface area contributed by atoms with Gasteiger partial charge >= 0.3 is 11.9 Å². The van der Waals surface area contributed by atoms with Crippen molar-refractivity contribution in [3.8, 4) is 16.3 Å². The second-order valence-electron chi connectivity index (χ2n) is 8.93. The summed E-state index contributed by atoms with van der Waals surface area (Å²) in [4.78, 5) is 35.0. The normalized spacial score (nSPS) is 12.9. The third-order valence-electron chi connectivity index (χ3n) is 6.26. The molecular weight excluding hydrogens is 559 g/mol. The molecule has 0 radical (unpaired) electrons. The molecule has 40 heavy (non-hydrogen) atoms. The Morgan fingerprint density at radius 3 is 2.62 bits per heavy atom. The lowest BCUT2D eigenvalue weighted by atomic mass is 10.1. The molecule has 1 aromatic carbocycles. The Hall–Kier alpha value is -4.17. The highest BCUT2D eigenvalue weighted by Gasteiger charge is 2.39. The number of hydrogen-bond donors (Lipinski definition) is 2. The van der Waals surface area contributed by atoms with E-state index >= 15 is 0 Å². The van der Waals surface area contributed by atoms with Crippen molar-refractivity contribution in [1.29, 1.82) is 0 Å². The second-order valence-corrected chi connectivity index (χ2v) is 9.93. The number of aryl methyl sites for hydroxylation is 1.